The second-order valence-electron chi connectivity index (χ2n) is 2.82. The van der Waals surface area contributed by atoms with Crippen LogP contribution in [-0.4, -0.2) is 18.8 Å². The molecule has 3 heteroatoms. The lowest BCUT2D eigenvalue weighted by Crippen LogP contribution is -2.17. The predicted molar refractivity (Wildman–Crippen MR) is 60.3 cm³/mol. The Hall–Kier alpha value is -0.980. The fourth-order valence-electron chi connectivity index (χ4n) is 1.03. The summed E-state index contributed by atoms with van der Waals surface area (Å²) in [4.78, 5) is 1.30. The van der Waals surface area contributed by atoms with Crippen molar-refractivity contribution in [2.24, 2.45) is 0 Å². The van der Waals surface area contributed by atoms with Crippen LogP contribution in [0.4, 0.5) is 0 Å². The van der Waals surface area contributed by atoms with Crippen molar-refractivity contribution in [3.63, 3.8) is 0 Å². The number of rotatable bonds is 6. The summed E-state index contributed by atoms with van der Waals surface area (Å²) in [7, 11) is 0. The standard InChI is InChI=1S/C11H14N2S/c12-7-4-8-13-9-10-14-11-5-2-1-3-6-11/h1-3,5-6,13H,4,8-10H2. The summed E-state index contributed by atoms with van der Waals surface area (Å²) >= 11 is 1.83. The molecule has 0 fully saturated rings. The normalized spacial score (nSPS) is 9.64. The lowest BCUT2D eigenvalue weighted by atomic mass is 10.4. The molecule has 0 heterocycles. The zero-order valence-electron chi connectivity index (χ0n) is 8.07. The zero-order chi connectivity index (χ0) is 10.1. The monoisotopic (exact) mass is 206 g/mol. The van der Waals surface area contributed by atoms with Crippen molar-refractivity contribution >= 4 is 11.8 Å². The Morgan fingerprint density at radius 2 is 2.00 bits per heavy atom. The van der Waals surface area contributed by atoms with E-state index in [1.54, 1.807) is 0 Å². The van der Waals surface area contributed by atoms with Gasteiger partial charge in [-0.2, -0.15) is 5.26 Å². The highest BCUT2D eigenvalue weighted by molar-refractivity contribution is 7.99. The molecule has 1 aromatic carbocycles. The van der Waals surface area contributed by atoms with E-state index in [1.807, 2.05) is 30.0 Å². The van der Waals surface area contributed by atoms with Crippen molar-refractivity contribution in [2.75, 3.05) is 18.8 Å². The predicted octanol–water partition coefficient (Wildman–Crippen LogP) is 2.28. The lowest BCUT2D eigenvalue weighted by molar-refractivity contribution is 0.735. The van der Waals surface area contributed by atoms with Crippen LogP contribution in [0.25, 0.3) is 0 Å². The second kappa shape index (κ2) is 7.43. The molecular formula is C11H14N2S. The van der Waals surface area contributed by atoms with E-state index in [-0.39, 0.29) is 0 Å². The van der Waals surface area contributed by atoms with Crippen molar-refractivity contribution in [3.05, 3.63) is 30.3 Å². The van der Waals surface area contributed by atoms with E-state index in [0.29, 0.717) is 6.42 Å². The van der Waals surface area contributed by atoms with E-state index in [2.05, 4.69) is 23.5 Å². The van der Waals surface area contributed by atoms with E-state index in [4.69, 9.17) is 5.26 Å². The van der Waals surface area contributed by atoms with E-state index in [0.717, 1.165) is 18.8 Å². The summed E-state index contributed by atoms with van der Waals surface area (Å²) in [5.41, 5.74) is 0. The average Bonchev–Trinajstić information content (AvgIpc) is 2.25. The van der Waals surface area contributed by atoms with Crippen molar-refractivity contribution in [2.45, 2.75) is 11.3 Å². The SMILES string of the molecule is N#CCCNCCSc1ccccc1. The molecule has 1 aromatic rings. The van der Waals surface area contributed by atoms with E-state index >= 15 is 0 Å². The number of nitrogens with zero attached hydrogens (tertiary/aromatic N) is 1. The molecule has 0 amide bonds. The molecule has 0 unspecified atom stereocenters. The Bertz CT molecular complexity index is 279. The molecule has 0 bridgehead atoms. The minimum atomic E-state index is 0.593. The molecule has 14 heavy (non-hydrogen) atoms. The summed E-state index contributed by atoms with van der Waals surface area (Å²) in [6.07, 6.45) is 0.593. The first-order valence-electron chi connectivity index (χ1n) is 4.69. The van der Waals surface area contributed by atoms with Gasteiger partial charge in [-0.25, -0.2) is 0 Å². The molecule has 0 aliphatic rings. The molecule has 0 spiro atoms. The molecule has 1 rings (SSSR count). The number of nitriles is 1. The van der Waals surface area contributed by atoms with Crippen LogP contribution in [0.1, 0.15) is 6.42 Å². The third kappa shape index (κ3) is 4.90. The summed E-state index contributed by atoms with van der Waals surface area (Å²) in [5.74, 6) is 1.05. The van der Waals surface area contributed by atoms with Crippen molar-refractivity contribution in [3.8, 4) is 6.07 Å². The van der Waals surface area contributed by atoms with Crippen LogP contribution in [0, 0.1) is 11.3 Å². The lowest BCUT2D eigenvalue weighted by Gasteiger charge is -2.01. The highest BCUT2D eigenvalue weighted by atomic mass is 32.2. The zero-order valence-corrected chi connectivity index (χ0v) is 8.89. The number of nitrogens with one attached hydrogen (secondary N) is 1. The van der Waals surface area contributed by atoms with Gasteiger partial charge in [-0.15, -0.1) is 11.8 Å². The number of hydrogen-bond donors (Lipinski definition) is 1. The van der Waals surface area contributed by atoms with Crippen LogP contribution in [-0.2, 0) is 0 Å². The molecule has 1 N–H and O–H groups in total. The first-order valence-corrected chi connectivity index (χ1v) is 5.67. The van der Waals surface area contributed by atoms with Crippen LogP contribution in [0.2, 0.25) is 0 Å². The molecule has 0 atom stereocenters. The summed E-state index contributed by atoms with van der Waals surface area (Å²) in [6.45, 7) is 1.76. The van der Waals surface area contributed by atoms with Crippen molar-refractivity contribution in [1.82, 2.24) is 5.32 Å². The summed E-state index contributed by atoms with van der Waals surface area (Å²) < 4.78 is 0. The molecule has 2 nitrogen and oxygen atoms in total. The Labute approximate surface area is 89.3 Å². The minimum Gasteiger partial charge on any atom is -0.315 e. The van der Waals surface area contributed by atoms with Crippen molar-refractivity contribution < 1.29 is 0 Å². The first kappa shape index (κ1) is 11.1. The van der Waals surface area contributed by atoms with E-state index in [1.165, 1.54) is 4.90 Å². The van der Waals surface area contributed by atoms with Crippen LogP contribution in [0.3, 0.4) is 0 Å². The molecule has 0 aliphatic carbocycles. The van der Waals surface area contributed by atoms with Crippen LogP contribution in [0.15, 0.2) is 35.2 Å². The quantitative estimate of drug-likeness (QED) is 0.573. The molecule has 0 saturated heterocycles. The molecule has 0 saturated carbocycles. The van der Waals surface area contributed by atoms with E-state index in [9.17, 15) is 0 Å². The van der Waals surface area contributed by atoms with Gasteiger partial charge in [-0.1, -0.05) is 18.2 Å². The van der Waals surface area contributed by atoms with Crippen molar-refractivity contribution in [1.29, 1.82) is 5.26 Å². The minimum absolute atomic E-state index is 0.593. The first-order chi connectivity index (χ1) is 6.93. The smallest absolute Gasteiger partial charge is 0.0635 e. The van der Waals surface area contributed by atoms with Crippen LogP contribution in [0.5, 0.6) is 0 Å². The fraction of sp³-hybridized carbons (Fsp3) is 0.364. The molecule has 0 radical (unpaired) electrons. The van der Waals surface area contributed by atoms with Crippen LogP contribution >= 0.6 is 11.8 Å². The van der Waals surface area contributed by atoms with Crippen LogP contribution < -0.4 is 5.32 Å². The van der Waals surface area contributed by atoms with Gasteiger partial charge >= 0.3 is 0 Å². The fourth-order valence-corrected chi connectivity index (χ4v) is 1.86. The maximum Gasteiger partial charge on any atom is 0.0635 e. The third-order valence-corrected chi connectivity index (χ3v) is 2.72. The van der Waals surface area contributed by atoms with Gasteiger partial charge in [0, 0.05) is 30.2 Å². The maximum absolute atomic E-state index is 8.31. The van der Waals surface area contributed by atoms with Gasteiger partial charge in [0.1, 0.15) is 0 Å². The number of hydrogen-bond acceptors (Lipinski definition) is 3. The molecular weight excluding hydrogens is 192 g/mol. The van der Waals surface area contributed by atoms with Gasteiger partial charge in [0.25, 0.3) is 0 Å². The van der Waals surface area contributed by atoms with Gasteiger partial charge < -0.3 is 5.32 Å². The topological polar surface area (TPSA) is 35.8 Å². The highest BCUT2D eigenvalue weighted by Crippen LogP contribution is 2.15. The third-order valence-electron chi connectivity index (χ3n) is 1.70. The van der Waals surface area contributed by atoms with Gasteiger partial charge in [0.2, 0.25) is 0 Å². The maximum atomic E-state index is 8.31. The van der Waals surface area contributed by atoms with Gasteiger partial charge in [-0.3, -0.25) is 0 Å². The second-order valence-corrected chi connectivity index (χ2v) is 3.99. The number of thioether (sulfide) groups is 1. The Morgan fingerprint density at radius 1 is 1.21 bits per heavy atom. The summed E-state index contributed by atoms with van der Waals surface area (Å²) in [5, 5.41) is 11.5. The Morgan fingerprint density at radius 3 is 2.71 bits per heavy atom. The number of benzene rings is 1. The average molecular weight is 206 g/mol. The molecule has 74 valence electrons. The van der Waals surface area contributed by atoms with Gasteiger partial charge in [-0.05, 0) is 12.1 Å². The Balaban J connectivity index is 2.03. The molecule has 0 aromatic heterocycles. The van der Waals surface area contributed by atoms with Gasteiger partial charge in [0.05, 0.1) is 6.07 Å². The van der Waals surface area contributed by atoms with Gasteiger partial charge in [0.15, 0.2) is 0 Å². The largest absolute Gasteiger partial charge is 0.315 e. The molecule has 0 aliphatic heterocycles. The van der Waals surface area contributed by atoms with E-state index < -0.39 is 0 Å². The Kier molecular flexibility index (Phi) is 5.89. The summed E-state index contributed by atoms with van der Waals surface area (Å²) in [6, 6.07) is 12.4. The highest BCUT2D eigenvalue weighted by Gasteiger charge is 1.91.